The van der Waals surface area contributed by atoms with E-state index in [0.29, 0.717) is 0 Å². The highest BCUT2D eigenvalue weighted by Crippen LogP contribution is 2.16. The summed E-state index contributed by atoms with van der Waals surface area (Å²) in [5, 5.41) is 12.1. The van der Waals surface area contributed by atoms with Crippen LogP contribution < -0.4 is 5.32 Å². The highest BCUT2D eigenvalue weighted by atomic mass is 14.9. The van der Waals surface area contributed by atoms with Gasteiger partial charge in [-0.25, -0.2) is 0 Å². The quantitative estimate of drug-likeness (QED) is 0.737. The summed E-state index contributed by atoms with van der Waals surface area (Å²) in [6, 6.07) is 7.88. The van der Waals surface area contributed by atoms with Gasteiger partial charge in [0.15, 0.2) is 0 Å². The maximum atomic E-state index is 8.75. The van der Waals surface area contributed by atoms with Gasteiger partial charge in [-0.15, -0.1) is 0 Å². The Kier molecular flexibility index (Phi) is 4.00. The fourth-order valence-corrected chi connectivity index (χ4v) is 1.28. The van der Waals surface area contributed by atoms with Gasteiger partial charge < -0.3 is 5.32 Å². The van der Waals surface area contributed by atoms with E-state index >= 15 is 0 Å². The Morgan fingerprint density at radius 1 is 1.43 bits per heavy atom. The molecule has 2 heteroatoms. The van der Waals surface area contributed by atoms with Gasteiger partial charge in [0.1, 0.15) is 0 Å². The van der Waals surface area contributed by atoms with E-state index in [1.807, 2.05) is 18.2 Å². The lowest BCUT2D eigenvalue weighted by atomic mass is 10.1. The Morgan fingerprint density at radius 2 is 2.21 bits per heavy atom. The standard InChI is InChI=1S/C12H16N2/c1-3-4-7-14-12-8-11(9-13)6-5-10(12)2/h5-6,8,14H,3-4,7H2,1-2H3. The number of aryl methyl sites for hydroxylation is 1. The van der Waals surface area contributed by atoms with Crippen molar-refractivity contribution in [2.75, 3.05) is 11.9 Å². The minimum Gasteiger partial charge on any atom is -0.385 e. The van der Waals surface area contributed by atoms with E-state index in [4.69, 9.17) is 5.26 Å². The van der Waals surface area contributed by atoms with Crippen LogP contribution in [0, 0.1) is 18.3 Å². The van der Waals surface area contributed by atoms with Gasteiger partial charge in [0.25, 0.3) is 0 Å². The average Bonchev–Trinajstić information content (AvgIpc) is 2.21. The van der Waals surface area contributed by atoms with Crippen LogP contribution in [0.25, 0.3) is 0 Å². The minimum absolute atomic E-state index is 0.717. The Labute approximate surface area is 85.6 Å². The van der Waals surface area contributed by atoms with Crippen LogP contribution in [-0.4, -0.2) is 6.54 Å². The number of unbranched alkanes of at least 4 members (excludes halogenated alkanes) is 1. The summed E-state index contributed by atoms with van der Waals surface area (Å²) in [4.78, 5) is 0. The Hall–Kier alpha value is -1.49. The molecular formula is C12H16N2. The van der Waals surface area contributed by atoms with E-state index in [-0.39, 0.29) is 0 Å². The first-order chi connectivity index (χ1) is 6.77. The number of nitrogens with zero attached hydrogens (tertiary/aromatic N) is 1. The molecule has 2 nitrogen and oxygen atoms in total. The minimum atomic E-state index is 0.717. The lowest BCUT2D eigenvalue weighted by Crippen LogP contribution is -2.02. The molecule has 0 aliphatic heterocycles. The third-order valence-corrected chi connectivity index (χ3v) is 2.21. The van der Waals surface area contributed by atoms with Crippen LogP contribution >= 0.6 is 0 Å². The third-order valence-electron chi connectivity index (χ3n) is 2.21. The molecule has 0 aliphatic carbocycles. The molecule has 0 atom stereocenters. The first kappa shape index (κ1) is 10.6. The van der Waals surface area contributed by atoms with Crippen molar-refractivity contribution in [1.29, 1.82) is 5.26 Å². The number of hydrogen-bond donors (Lipinski definition) is 1. The van der Waals surface area contributed by atoms with Crippen molar-refractivity contribution in [3.63, 3.8) is 0 Å². The summed E-state index contributed by atoms with van der Waals surface area (Å²) in [6.45, 7) is 5.20. The monoisotopic (exact) mass is 188 g/mol. The van der Waals surface area contributed by atoms with Crippen molar-refractivity contribution < 1.29 is 0 Å². The lowest BCUT2D eigenvalue weighted by Gasteiger charge is -2.08. The summed E-state index contributed by atoms with van der Waals surface area (Å²) < 4.78 is 0. The zero-order chi connectivity index (χ0) is 10.4. The maximum absolute atomic E-state index is 8.75. The van der Waals surface area contributed by atoms with Crippen LogP contribution in [0.1, 0.15) is 30.9 Å². The lowest BCUT2D eigenvalue weighted by molar-refractivity contribution is 0.833. The molecule has 0 saturated heterocycles. The molecule has 0 saturated carbocycles. The van der Waals surface area contributed by atoms with E-state index in [1.54, 1.807) is 0 Å². The predicted molar refractivity (Wildman–Crippen MR) is 59.3 cm³/mol. The molecule has 1 aromatic rings. The van der Waals surface area contributed by atoms with E-state index in [2.05, 4.69) is 25.2 Å². The van der Waals surface area contributed by atoms with Crippen LogP contribution in [0.15, 0.2) is 18.2 Å². The van der Waals surface area contributed by atoms with E-state index in [1.165, 1.54) is 12.0 Å². The largest absolute Gasteiger partial charge is 0.385 e. The van der Waals surface area contributed by atoms with Crippen molar-refractivity contribution in [2.24, 2.45) is 0 Å². The molecule has 0 unspecified atom stereocenters. The van der Waals surface area contributed by atoms with Crippen molar-refractivity contribution in [2.45, 2.75) is 26.7 Å². The highest BCUT2D eigenvalue weighted by molar-refractivity contribution is 5.55. The molecule has 14 heavy (non-hydrogen) atoms. The van der Waals surface area contributed by atoms with Gasteiger partial charge in [-0.05, 0) is 31.0 Å². The van der Waals surface area contributed by atoms with Gasteiger partial charge in [0, 0.05) is 12.2 Å². The topological polar surface area (TPSA) is 35.8 Å². The highest BCUT2D eigenvalue weighted by Gasteiger charge is 1.98. The summed E-state index contributed by atoms with van der Waals surface area (Å²) in [7, 11) is 0. The normalized spacial score (nSPS) is 9.50. The van der Waals surface area contributed by atoms with E-state index < -0.39 is 0 Å². The second kappa shape index (κ2) is 5.29. The second-order valence-electron chi connectivity index (χ2n) is 3.42. The van der Waals surface area contributed by atoms with Gasteiger partial charge in [0.05, 0.1) is 11.6 Å². The van der Waals surface area contributed by atoms with Crippen LogP contribution in [0.5, 0.6) is 0 Å². The second-order valence-corrected chi connectivity index (χ2v) is 3.42. The molecule has 0 heterocycles. The van der Waals surface area contributed by atoms with Crippen molar-refractivity contribution in [3.8, 4) is 6.07 Å². The van der Waals surface area contributed by atoms with Gasteiger partial charge in [-0.1, -0.05) is 19.4 Å². The van der Waals surface area contributed by atoms with Gasteiger partial charge in [-0.3, -0.25) is 0 Å². The summed E-state index contributed by atoms with van der Waals surface area (Å²) in [6.07, 6.45) is 2.35. The van der Waals surface area contributed by atoms with Gasteiger partial charge >= 0.3 is 0 Å². The molecule has 0 fully saturated rings. The number of nitriles is 1. The maximum Gasteiger partial charge on any atom is 0.0992 e. The first-order valence-corrected chi connectivity index (χ1v) is 5.02. The fourth-order valence-electron chi connectivity index (χ4n) is 1.28. The molecule has 0 bridgehead atoms. The average molecular weight is 188 g/mol. The Bertz CT molecular complexity index is 337. The Balaban J connectivity index is 2.70. The molecule has 0 radical (unpaired) electrons. The number of rotatable bonds is 4. The Morgan fingerprint density at radius 3 is 2.86 bits per heavy atom. The molecule has 1 rings (SSSR count). The SMILES string of the molecule is CCCCNc1cc(C#N)ccc1C. The van der Waals surface area contributed by atoms with Crippen molar-refractivity contribution >= 4 is 5.69 Å². The van der Waals surface area contributed by atoms with E-state index in [0.717, 1.165) is 24.2 Å². The van der Waals surface area contributed by atoms with Crippen LogP contribution in [0.4, 0.5) is 5.69 Å². The smallest absolute Gasteiger partial charge is 0.0992 e. The zero-order valence-electron chi connectivity index (χ0n) is 8.80. The summed E-state index contributed by atoms with van der Waals surface area (Å²) >= 11 is 0. The first-order valence-electron chi connectivity index (χ1n) is 5.02. The molecular weight excluding hydrogens is 172 g/mol. The van der Waals surface area contributed by atoms with Crippen molar-refractivity contribution in [1.82, 2.24) is 0 Å². The number of hydrogen-bond acceptors (Lipinski definition) is 2. The van der Waals surface area contributed by atoms with Gasteiger partial charge in [-0.2, -0.15) is 5.26 Å². The molecule has 0 aliphatic rings. The number of benzene rings is 1. The van der Waals surface area contributed by atoms with Crippen molar-refractivity contribution in [3.05, 3.63) is 29.3 Å². The molecule has 1 aromatic carbocycles. The molecule has 0 spiro atoms. The number of nitrogens with one attached hydrogen (secondary N) is 1. The van der Waals surface area contributed by atoms with Crippen LogP contribution in [0.2, 0.25) is 0 Å². The molecule has 0 aromatic heterocycles. The summed E-state index contributed by atoms with van der Waals surface area (Å²) in [5.41, 5.74) is 2.99. The zero-order valence-corrected chi connectivity index (χ0v) is 8.80. The van der Waals surface area contributed by atoms with E-state index in [9.17, 15) is 0 Å². The number of anilines is 1. The molecule has 1 N–H and O–H groups in total. The molecule has 74 valence electrons. The predicted octanol–water partition coefficient (Wildman–Crippen LogP) is 3.08. The summed E-state index contributed by atoms with van der Waals surface area (Å²) in [5.74, 6) is 0. The third kappa shape index (κ3) is 2.77. The fraction of sp³-hybridized carbons (Fsp3) is 0.417. The van der Waals surface area contributed by atoms with Gasteiger partial charge in [0.2, 0.25) is 0 Å². The molecule has 0 amide bonds. The van der Waals surface area contributed by atoms with Crippen LogP contribution in [0.3, 0.4) is 0 Å². The van der Waals surface area contributed by atoms with Crippen LogP contribution in [-0.2, 0) is 0 Å².